The zero-order valence-electron chi connectivity index (χ0n) is 23.8. The Hall–Kier alpha value is -4.37. The monoisotopic (exact) mass is 585 g/mol. The molecule has 9 heteroatoms. The van der Waals surface area contributed by atoms with Crippen LogP contribution in [-0.4, -0.2) is 45.4 Å². The molecule has 0 aliphatic heterocycles. The van der Waals surface area contributed by atoms with Crippen molar-refractivity contribution in [1.29, 1.82) is 0 Å². The number of aromatic nitrogens is 2. The number of carbonyl (C=O) groups excluding carboxylic acids is 2. The van der Waals surface area contributed by atoms with E-state index >= 15 is 0 Å². The molecular weight excluding hydrogens is 550 g/mol. The fraction of sp³-hybridized carbons (Fsp3) is 0.303. The van der Waals surface area contributed by atoms with E-state index in [4.69, 9.17) is 4.74 Å². The number of thiophene rings is 1. The van der Waals surface area contributed by atoms with Gasteiger partial charge in [-0.25, -0.2) is 14.8 Å². The first-order chi connectivity index (χ1) is 20.3. The van der Waals surface area contributed by atoms with Crippen molar-refractivity contribution >= 4 is 29.0 Å². The number of ketones is 1. The molecule has 1 atom stereocenters. The Balaban J connectivity index is 1.32. The average Bonchev–Trinajstić information content (AvgIpc) is 3.51. The summed E-state index contributed by atoms with van der Waals surface area (Å²) in [6, 6.07) is 17.2. The van der Waals surface area contributed by atoms with E-state index in [0.717, 1.165) is 52.4 Å². The maximum atomic E-state index is 12.6. The molecule has 0 fully saturated rings. The molecule has 1 unspecified atom stereocenters. The third kappa shape index (κ3) is 8.57. The highest BCUT2D eigenvalue weighted by atomic mass is 32.1. The second kappa shape index (κ2) is 15.0. The van der Waals surface area contributed by atoms with Crippen molar-refractivity contribution in [2.24, 2.45) is 0 Å². The van der Waals surface area contributed by atoms with Crippen molar-refractivity contribution in [2.75, 3.05) is 6.61 Å². The fourth-order valence-corrected chi connectivity index (χ4v) is 5.17. The highest BCUT2D eigenvalue weighted by Gasteiger charge is 2.22. The molecule has 218 valence electrons. The molecule has 2 heterocycles. The predicted octanol–water partition coefficient (Wildman–Crippen LogP) is 6.85. The van der Waals surface area contributed by atoms with Gasteiger partial charge in [0.05, 0.1) is 16.4 Å². The molecule has 4 aromatic rings. The highest BCUT2D eigenvalue weighted by Crippen LogP contribution is 2.24. The number of hydrogen-bond acceptors (Lipinski definition) is 7. The number of amides is 1. The number of ether oxygens (including phenoxy) is 1. The molecule has 0 saturated heterocycles. The molecular formula is C33H35N3O5S. The smallest absolute Gasteiger partial charge is 0.326 e. The van der Waals surface area contributed by atoms with Crippen LogP contribution in [0.4, 0.5) is 0 Å². The second-order valence-corrected chi connectivity index (χ2v) is 11.2. The second-order valence-electron chi connectivity index (χ2n) is 10.1. The summed E-state index contributed by atoms with van der Waals surface area (Å²) in [5.41, 5.74) is 3.41. The van der Waals surface area contributed by atoms with Gasteiger partial charge in [0.1, 0.15) is 11.8 Å². The zero-order chi connectivity index (χ0) is 29.9. The molecule has 0 aliphatic rings. The van der Waals surface area contributed by atoms with Crippen LogP contribution in [0.15, 0.2) is 73.1 Å². The van der Waals surface area contributed by atoms with Crippen LogP contribution in [0.3, 0.4) is 0 Å². The lowest BCUT2D eigenvalue weighted by atomic mass is 10.0. The summed E-state index contributed by atoms with van der Waals surface area (Å²) in [6.07, 6.45) is 9.68. The minimum Gasteiger partial charge on any atom is -0.494 e. The van der Waals surface area contributed by atoms with Crippen LogP contribution >= 0.6 is 11.3 Å². The number of carboxylic acids is 1. The van der Waals surface area contributed by atoms with Gasteiger partial charge in [0.25, 0.3) is 5.91 Å². The molecule has 8 nitrogen and oxygen atoms in total. The van der Waals surface area contributed by atoms with E-state index in [1.807, 2.05) is 36.4 Å². The molecule has 1 amide bonds. The summed E-state index contributed by atoms with van der Waals surface area (Å²) in [5, 5.41) is 12.2. The van der Waals surface area contributed by atoms with Crippen molar-refractivity contribution in [3.05, 3.63) is 88.4 Å². The lowest BCUT2D eigenvalue weighted by Gasteiger charge is -2.14. The first-order valence-corrected chi connectivity index (χ1v) is 14.9. The van der Waals surface area contributed by atoms with Gasteiger partial charge < -0.3 is 15.2 Å². The standard InChI is InChI=1S/C33H35N3O5S/c1-3-4-5-6-7-18-41-27-14-12-24(13-15-27)26-20-34-31(35-21-26)25-10-8-23(9-11-25)19-28(33(39)40)36-32(38)30-17-16-29(42-30)22(2)37/h8-17,20-21,28H,3-7,18-19H2,1-2H3,(H,36,38)(H,39,40). The minimum absolute atomic E-state index is 0.102. The van der Waals surface area contributed by atoms with Gasteiger partial charge in [0, 0.05) is 29.9 Å². The van der Waals surface area contributed by atoms with Crippen molar-refractivity contribution in [1.82, 2.24) is 15.3 Å². The Bertz CT molecular complexity index is 1480. The SMILES string of the molecule is CCCCCCCOc1ccc(-c2cnc(-c3ccc(CC(NC(=O)c4ccc(C(C)=O)s4)C(=O)O)cc3)nc2)cc1. The largest absolute Gasteiger partial charge is 0.494 e. The van der Waals surface area contributed by atoms with E-state index in [-0.39, 0.29) is 12.2 Å². The van der Waals surface area contributed by atoms with Gasteiger partial charge in [-0.05, 0) is 48.7 Å². The Morgan fingerprint density at radius 1 is 0.833 bits per heavy atom. The zero-order valence-corrected chi connectivity index (χ0v) is 24.7. The Kier molecular flexibility index (Phi) is 10.9. The van der Waals surface area contributed by atoms with Crippen molar-refractivity contribution < 1.29 is 24.2 Å². The summed E-state index contributed by atoms with van der Waals surface area (Å²) in [4.78, 5) is 45.7. The van der Waals surface area contributed by atoms with Gasteiger partial charge in [0.15, 0.2) is 11.6 Å². The lowest BCUT2D eigenvalue weighted by molar-refractivity contribution is -0.139. The van der Waals surface area contributed by atoms with E-state index in [2.05, 4.69) is 22.2 Å². The number of nitrogens with zero attached hydrogens (tertiary/aromatic N) is 2. The first-order valence-electron chi connectivity index (χ1n) is 14.1. The topological polar surface area (TPSA) is 118 Å². The van der Waals surface area contributed by atoms with Crippen LogP contribution in [0.25, 0.3) is 22.5 Å². The van der Waals surface area contributed by atoms with E-state index in [9.17, 15) is 19.5 Å². The van der Waals surface area contributed by atoms with Gasteiger partial charge >= 0.3 is 5.97 Å². The van der Waals surface area contributed by atoms with Gasteiger partial charge in [-0.1, -0.05) is 69.0 Å². The minimum atomic E-state index is -1.14. The van der Waals surface area contributed by atoms with Crippen molar-refractivity contribution in [3.8, 4) is 28.3 Å². The highest BCUT2D eigenvalue weighted by molar-refractivity contribution is 7.16. The molecule has 0 aliphatic carbocycles. The van der Waals surface area contributed by atoms with Crippen LogP contribution < -0.4 is 10.1 Å². The Morgan fingerprint density at radius 3 is 2.10 bits per heavy atom. The summed E-state index contributed by atoms with van der Waals surface area (Å²) in [5.74, 6) is -0.405. The number of Topliss-reactive ketones (excluding diaryl/α,β-unsaturated/α-hetero) is 1. The molecule has 0 spiro atoms. The molecule has 0 saturated carbocycles. The van der Waals surface area contributed by atoms with E-state index in [1.165, 1.54) is 38.7 Å². The molecule has 2 aromatic carbocycles. The summed E-state index contributed by atoms with van der Waals surface area (Å²) < 4.78 is 5.85. The number of rotatable bonds is 15. The third-order valence-electron chi connectivity index (χ3n) is 6.79. The lowest BCUT2D eigenvalue weighted by Crippen LogP contribution is -2.42. The van der Waals surface area contributed by atoms with Crippen LogP contribution in [0.1, 0.15) is 70.9 Å². The molecule has 4 rings (SSSR count). The van der Waals surface area contributed by atoms with Gasteiger partial charge in [-0.3, -0.25) is 9.59 Å². The number of carbonyl (C=O) groups is 3. The predicted molar refractivity (Wildman–Crippen MR) is 164 cm³/mol. The van der Waals surface area contributed by atoms with Crippen LogP contribution in [0, 0.1) is 0 Å². The van der Waals surface area contributed by atoms with Crippen molar-refractivity contribution in [2.45, 2.75) is 58.4 Å². The first kappa shape index (κ1) is 30.6. The van der Waals surface area contributed by atoms with E-state index in [0.29, 0.717) is 15.6 Å². The third-order valence-corrected chi connectivity index (χ3v) is 7.97. The number of unbranched alkanes of at least 4 members (excludes halogenated alkanes) is 4. The number of aliphatic carboxylic acids is 1. The summed E-state index contributed by atoms with van der Waals surface area (Å²) in [6.45, 7) is 4.35. The van der Waals surface area contributed by atoms with Gasteiger partial charge in [-0.2, -0.15) is 0 Å². The Morgan fingerprint density at radius 2 is 1.48 bits per heavy atom. The Labute approximate surface area is 249 Å². The maximum Gasteiger partial charge on any atom is 0.326 e. The number of carboxylic acid groups (broad SMARTS) is 1. The molecule has 2 aromatic heterocycles. The number of hydrogen-bond donors (Lipinski definition) is 2. The molecule has 2 N–H and O–H groups in total. The molecule has 0 bridgehead atoms. The average molecular weight is 586 g/mol. The van der Waals surface area contributed by atoms with Crippen LogP contribution in [0.5, 0.6) is 5.75 Å². The van der Waals surface area contributed by atoms with Crippen molar-refractivity contribution in [3.63, 3.8) is 0 Å². The van der Waals surface area contributed by atoms with Gasteiger partial charge in [0.2, 0.25) is 0 Å². The number of nitrogens with one attached hydrogen (secondary N) is 1. The van der Waals surface area contributed by atoms with E-state index in [1.54, 1.807) is 30.6 Å². The van der Waals surface area contributed by atoms with Gasteiger partial charge in [-0.15, -0.1) is 11.3 Å². The van der Waals surface area contributed by atoms with Crippen LogP contribution in [-0.2, 0) is 11.2 Å². The number of benzene rings is 2. The quantitative estimate of drug-likeness (QED) is 0.116. The van der Waals surface area contributed by atoms with E-state index < -0.39 is 17.9 Å². The summed E-state index contributed by atoms with van der Waals surface area (Å²) in [7, 11) is 0. The fourth-order valence-electron chi connectivity index (χ4n) is 4.37. The normalized spacial score (nSPS) is 11.6. The molecule has 0 radical (unpaired) electrons. The van der Waals surface area contributed by atoms with Crippen LogP contribution in [0.2, 0.25) is 0 Å². The summed E-state index contributed by atoms with van der Waals surface area (Å²) >= 11 is 1.04. The maximum absolute atomic E-state index is 12.6. The molecule has 42 heavy (non-hydrogen) atoms.